The summed E-state index contributed by atoms with van der Waals surface area (Å²) in [5.41, 5.74) is -0.392. The van der Waals surface area contributed by atoms with E-state index in [2.05, 4.69) is 9.71 Å². The van der Waals surface area contributed by atoms with E-state index < -0.39 is 21.3 Å². The van der Waals surface area contributed by atoms with E-state index in [9.17, 15) is 22.0 Å². The zero-order valence-electron chi connectivity index (χ0n) is 10.4. The van der Waals surface area contributed by atoms with Crippen LogP contribution in [0.5, 0.6) is 0 Å². The van der Waals surface area contributed by atoms with Crippen molar-refractivity contribution in [1.82, 2.24) is 4.98 Å². The summed E-state index contributed by atoms with van der Waals surface area (Å²) >= 11 is 0.245. The highest BCUT2D eigenvalue weighted by molar-refractivity contribution is 7.99. The van der Waals surface area contributed by atoms with Crippen molar-refractivity contribution in [2.45, 2.75) is 15.5 Å². The number of halogens is 2. The van der Waals surface area contributed by atoms with E-state index in [4.69, 9.17) is 0 Å². The summed E-state index contributed by atoms with van der Waals surface area (Å²) < 4.78 is 51.4. The monoisotopic (exact) mass is 332 g/mol. The van der Waals surface area contributed by atoms with Crippen LogP contribution >= 0.6 is 11.8 Å². The molecule has 0 bridgehead atoms. The second-order valence-corrected chi connectivity index (χ2v) is 6.58. The van der Waals surface area contributed by atoms with Gasteiger partial charge in [-0.2, -0.15) is 8.78 Å². The Bertz CT molecular complexity index is 771. The van der Waals surface area contributed by atoms with Gasteiger partial charge in [0, 0.05) is 17.2 Å². The lowest BCUT2D eigenvalue weighted by molar-refractivity contribution is 0.252. The summed E-state index contributed by atoms with van der Waals surface area (Å²) in [7, 11) is -3.97. The molecule has 0 radical (unpaired) electrons. The molecule has 0 aliphatic carbocycles. The standard InChI is InChI=1S/C12H10F2N2O3S2/c13-12(14)20-10-4-2-1-3-9(10)16-21(18,19)8-5-6-11(17)15-7-8/h1-7,12,16H,(H,15,17). The number of benzene rings is 1. The van der Waals surface area contributed by atoms with Crippen LogP contribution in [-0.4, -0.2) is 19.2 Å². The lowest BCUT2D eigenvalue weighted by Gasteiger charge is -2.11. The van der Waals surface area contributed by atoms with Crippen molar-refractivity contribution < 1.29 is 17.2 Å². The first-order valence-corrected chi connectivity index (χ1v) is 8.00. The number of hydrogen-bond acceptors (Lipinski definition) is 4. The highest BCUT2D eigenvalue weighted by atomic mass is 32.2. The van der Waals surface area contributed by atoms with E-state index in [1.54, 1.807) is 0 Å². The van der Waals surface area contributed by atoms with E-state index in [0.717, 1.165) is 18.3 Å². The number of thioether (sulfide) groups is 1. The van der Waals surface area contributed by atoms with Crippen LogP contribution in [-0.2, 0) is 10.0 Å². The molecule has 2 N–H and O–H groups in total. The molecule has 0 saturated heterocycles. The number of hydrogen-bond donors (Lipinski definition) is 2. The first kappa shape index (κ1) is 15.5. The SMILES string of the molecule is O=c1ccc(S(=O)(=O)Nc2ccccc2SC(F)F)c[nH]1. The van der Waals surface area contributed by atoms with Gasteiger partial charge in [-0.3, -0.25) is 9.52 Å². The van der Waals surface area contributed by atoms with Crippen molar-refractivity contribution in [3.63, 3.8) is 0 Å². The molecule has 9 heteroatoms. The predicted octanol–water partition coefficient (Wildman–Crippen LogP) is 2.49. The molecule has 1 heterocycles. The van der Waals surface area contributed by atoms with E-state index >= 15 is 0 Å². The normalized spacial score (nSPS) is 11.6. The van der Waals surface area contributed by atoms with Gasteiger partial charge in [0.05, 0.1) is 5.69 Å². The number of pyridine rings is 1. The van der Waals surface area contributed by atoms with Crippen LogP contribution in [0.3, 0.4) is 0 Å². The van der Waals surface area contributed by atoms with Crippen LogP contribution in [0.1, 0.15) is 0 Å². The molecule has 0 aliphatic heterocycles. The molecule has 0 aliphatic rings. The quantitative estimate of drug-likeness (QED) is 0.825. The number of H-pyrrole nitrogens is 1. The van der Waals surface area contributed by atoms with Gasteiger partial charge in [0.25, 0.3) is 15.8 Å². The average Bonchev–Trinajstić information content (AvgIpc) is 2.40. The first-order chi connectivity index (χ1) is 9.88. The number of anilines is 1. The molecule has 0 fully saturated rings. The van der Waals surface area contributed by atoms with Gasteiger partial charge >= 0.3 is 0 Å². The van der Waals surface area contributed by atoms with Gasteiger partial charge in [-0.1, -0.05) is 23.9 Å². The third-order valence-corrected chi connectivity index (χ3v) is 4.56. The third-order valence-electron chi connectivity index (χ3n) is 2.41. The van der Waals surface area contributed by atoms with Crippen molar-refractivity contribution in [1.29, 1.82) is 0 Å². The maximum absolute atomic E-state index is 12.4. The second kappa shape index (κ2) is 6.27. The summed E-state index contributed by atoms with van der Waals surface area (Å²) in [5, 5.41) is 0. The number of alkyl halides is 2. The highest BCUT2D eigenvalue weighted by Gasteiger charge is 2.17. The maximum atomic E-state index is 12.4. The number of aromatic nitrogens is 1. The van der Waals surface area contributed by atoms with Gasteiger partial charge in [-0.25, -0.2) is 8.42 Å². The Morgan fingerprint density at radius 2 is 1.86 bits per heavy atom. The molecule has 2 rings (SSSR count). The fourth-order valence-corrected chi connectivity index (χ4v) is 3.22. The number of nitrogens with one attached hydrogen (secondary N) is 2. The third kappa shape index (κ3) is 4.05. The molecule has 112 valence electrons. The Hall–Kier alpha value is -1.87. The smallest absolute Gasteiger partial charge is 0.288 e. The van der Waals surface area contributed by atoms with Gasteiger partial charge in [0.1, 0.15) is 4.90 Å². The summed E-state index contributed by atoms with van der Waals surface area (Å²) in [5.74, 6) is -2.66. The van der Waals surface area contributed by atoms with Gasteiger partial charge in [0.15, 0.2) is 0 Å². The Balaban J connectivity index is 2.33. The maximum Gasteiger partial charge on any atom is 0.288 e. The summed E-state index contributed by atoms with van der Waals surface area (Å²) in [4.78, 5) is 13.1. The van der Waals surface area contributed by atoms with Crippen LogP contribution < -0.4 is 10.3 Å². The molecule has 5 nitrogen and oxygen atoms in total. The number of aromatic amines is 1. The Morgan fingerprint density at radius 1 is 1.14 bits per heavy atom. The molecule has 0 saturated carbocycles. The molecule has 0 amide bonds. The van der Waals surface area contributed by atoms with Crippen LogP contribution in [0.15, 0.2) is 57.2 Å². The lowest BCUT2D eigenvalue weighted by Crippen LogP contribution is -2.15. The summed E-state index contributed by atoms with van der Waals surface area (Å²) in [6, 6.07) is 8.02. The zero-order valence-corrected chi connectivity index (χ0v) is 12.0. The van der Waals surface area contributed by atoms with E-state index in [0.29, 0.717) is 0 Å². The molecule has 1 aromatic heterocycles. The molecule has 1 aromatic carbocycles. The van der Waals surface area contributed by atoms with E-state index in [1.165, 1.54) is 24.3 Å². The predicted molar refractivity (Wildman–Crippen MR) is 76.2 cm³/mol. The van der Waals surface area contributed by atoms with Gasteiger partial charge in [-0.15, -0.1) is 0 Å². The number of rotatable bonds is 5. The first-order valence-electron chi connectivity index (χ1n) is 5.64. The van der Waals surface area contributed by atoms with Crippen molar-refractivity contribution >= 4 is 27.5 Å². The topological polar surface area (TPSA) is 79.0 Å². The van der Waals surface area contributed by atoms with E-state index in [1.807, 2.05) is 0 Å². The molecule has 21 heavy (non-hydrogen) atoms. The minimum absolute atomic E-state index is 0.0500. The van der Waals surface area contributed by atoms with Crippen LogP contribution in [0.2, 0.25) is 0 Å². The lowest BCUT2D eigenvalue weighted by atomic mass is 10.3. The van der Waals surface area contributed by atoms with Gasteiger partial charge in [0.2, 0.25) is 5.56 Å². The van der Waals surface area contributed by atoms with Crippen LogP contribution in [0, 0.1) is 0 Å². The minimum Gasteiger partial charge on any atom is -0.328 e. The Labute approximate surface area is 123 Å². The largest absolute Gasteiger partial charge is 0.328 e. The number of sulfonamides is 1. The van der Waals surface area contributed by atoms with Crippen molar-refractivity contribution in [2.75, 3.05) is 4.72 Å². The fraction of sp³-hybridized carbons (Fsp3) is 0.0833. The molecule has 0 atom stereocenters. The molecular weight excluding hydrogens is 322 g/mol. The van der Waals surface area contributed by atoms with Crippen molar-refractivity contribution in [3.8, 4) is 0 Å². The summed E-state index contributed by atoms with van der Waals surface area (Å²) in [6.07, 6.45) is 1.04. The second-order valence-electron chi connectivity index (χ2n) is 3.87. The van der Waals surface area contributed by atoms with Crippen LogP contribution in [0.25, 0.3) is 0 Å². The average molecular weight is 332 g/mol. The molecule has 0 unspecified atom stereocenters. The highest BCUT2D eigenvalue weighted by Crippen LogP contribution is 2.32. The van der Waals surface area contributed by atoms with Crippen molar-refractivity contribution in [2.24, 2.45) is 0 Å². The Morgan fingerprint density at radius 3 is 2.48 bits per heavy atom. The van der Waals surface area contributed by atoms with Crippen molar-refractivity contribution in [3.05, 3.63) is 52.9 Å². The minimum atomic E-state index is -3.97. The van der Waals surface area contributed by atoms with Gasteiger partial charge in [-0.05, 0) is 18.2 Å². The fourth-order valence-electron chi connectivity index (χ4n) is 1.52. The summed E-state index contributed by atoms with van der Waals surface area (Å²) in [6.45, 7) is 0. The van der Waals surface area contributed by atoms with Crippen LogP contribution in [0.4, 0.5) is 14.5 Å². The molecular formula is C12H10F2N2O3S2. The van der Waals surface area contributed by atoms with Gasteiger partial charge < -0.3 is 4.98 Å². The Kier molecular flexibility index (Phi) is 4.63. The zero-order chi connectivity index (χ0) is 15.5. The molecule has 0 spiro atoms. The molecule has 2 aromatic rings. The number of para-hydroxylation sites is 1. The van der Waals surface area contributed by atoms with E-state index in [-0.39, 0.29) is 27.2 Å².